The minimum atomic E-state index is -0.639. The average Bonchev–Trinajstić information content (AvgIpc) is 2.31. The van der Waals surface area contributed by atoms with E-state index in [0.29, 0.717) is 18.7 Å². The van der Waals surface area contributed by atoms with Crippen LogP contribution < -0.4 is 0 Å². The van der Waals surface area contributed by atoms with Crippen LogP contribution >= 0.6 is 0 Å². The fraction of sp³-hybridized carbons (Fsp3) is 0.538. The maximum absolute atomic E-state index is 13.1. The van der Waals surface area contributed by atoms with Gasteiger partial charge in [-0.1, -0.05) is 0 Å². The number of hydrogen-bond acceptors (Lipinski definition) is 3. The van der Waals surface area contributed by atoms with Crippen LogP contribution in [0.25, 0.3) is 0 Å². The van der Waals surface area contributed by atoms with Crippen molar-refractivity contribution >= 4 is 5.91 Å². The molecule has 5 heteroatoms. The summed E-state index contributed by atoms with van der Waals surface area (Å²) in [5.74, 6) is -0.823. The topological polar surface area (TPSA) is 42.4 Å². The molecule has 1 amide bonds. The molecule has 0 radical (unpaired) electrons. The molecule has 0 bridgehead atoms. The molecule has 1 fully saturated rings. The van der Waals surface area contributed by atoms with Crippen molar-refractivity contribution in [2.45, 2.75) is 32.4 Å². The smallest absolute Gasteiger partial charge is 0.254 e. The Labute approximate surface area is 106 Å². The lowest BCUT2D eigenvalue weighted by atomic mass is 9.99. The Morgan fingerprint density at radius 1 is 1.61 bits per heavy atom. The minimum Gasteiger partial charge on any atom is -0.374 e. The van der Waals surface area contributed by atoms with Gasteiger partial charge >= 0.3 is 0 Å². The lowest BCUT2D eigenvalue weighted by Gasteiger charge is -2.44. The van der Waals surface area contributed by atoms with Crippen LogP contribution in [0.2, 0.25) is 0 Å². The van der Waals surface area contributed by atoms with Crippen LogP contribution in [0.5, 0.6) is 0 Å². The number of hydrogen-bond donors (Lipinski definition) is 0. The SMILES string of the molecule is C[C@@H]1CN(C(=O)c2ccnc(F)c2)C(C)(C)CO1. The summed E-state index contributed by atoms with van der Waals surface area (Å²) in [5.41, 5.74) is -0.0618. The van der Waals surface area contributed by atoms with Crippen molar-refractivity contribution < 1.29 is 13.9 Å². The largest absolute Gasteiger partial charge is 0.374 e. The molecule has 1 atom stereocenters. The molecule has 1 aromatic rings. The molecule has 1 aliphatic heterocycles. The van der Waals surface area contributed by atoms with Gasteiger partial charge < -0.3 is 9.64 Å². The summed E-state index contributed by atoms with van der Waals surface area (Å²) in [4.78, 5) is 17.6. The first kappa shape index (κ1) is 13.0. The van der Waals surface area contributed by atoms with Gasteiger partial charge in [-0.2, -0.15) is 4.39 Å². The van der Waals surface area contributed by atoms with Gasteiger partial charge in [0.15, 0.2) is 0 Å². The summed E-state index contributed by atoms with van der Waals surface area (Å²) in [6.07, 6.45) is 1.30. The molecular weight excluding hydrogens is 235 g/mol. The second kappa shape index (κ2) is 4.65. The number of aromatic nitrogens is 1. The highest BCUT2D eigenvalue weighted by molar-refractivity contribution is 5.94. The molecule has 1 aliphatic rings. The molecular formula is C13H17FN2O2. The average molecular weight is 252 g/mol. The van der Waals surface area contributed by atoms with Crippen molar-refractivity contribution in [1.29, 1.82) is 0 Å². The van der Waals surface area contributed by atoms with E-state index in [0.717, 1.165) is 0 Å². The quantitative estimate of drug-likeness (QED) is 0.716. The van der Waals surface area contributed by atoms with E-state index in [-0.39, 0.29) is 17.6 Å². The fourth-order valence-electron chi connectivity index (χ4n) is 2.03. The normalized spacial score (nSPS) is 22.9. The van der Waals surface area contributed by atoms with E-state index in [1.807, 2.05) is 20.8 Å². The van der Waals surface area contributed by atoms with Crippen LogP contribution in [0.3, 0.4) is 0 Å². The van der Waals surface area contributed by atoms with E-state index >= 15 is 0 Å². The van der Waals surface area contributed by atoms with Gasteiger partial charge in [-0.15, -0.1) is 0 Å². The predicted octanol–water partition coefficient (Wildman–Crippen LogP) is 1.86. The van der Waals surface area contributed by atoms with Gasteiger partial charge in [0.1, 0.15) is 0 Å². The number of nitrogens with zero attached hydrogens (tertiary/aromatic N) is 2. The molecule has 0 N–H and O–H groups in total. The number of ether oxygens (including phenoxy) is 1. The Morgan fingerprint density at radius 3 is 3.00 bits per heavy atom. The van der Waals surface area contributed by atoms with Gasteiger partial charge in [0.2, 0.25) is 5.95 Å². The summed E-state index contributed by atoms with van der Waals surface area (Å²) in [5, 5.41) is 0. The summed E-state index contributed by atoms with van der Waals surface area (Å²) in [6, 6.07) is 2.69. The van der Waals surface area contributed by atoms with Gasteiger partial charge in [0, 0.05) is 24.4 Å². The number of pyridine rings is 1. The molecule has 1 aromatic heterocycles. The zero-order valence-corrected chi connectivity index (χ0v) is 10.8. The fourth-order valence-corrected chi connectivity index (χ4v) is 2.03. The Hall–Kier alpha value is -1.49. The number of halogens is 1. The molecule has 0 spiro atoms. The van der Waals surface area contributed by atoms with Gasteiger partial charge in [0.05, 0.1) is 18.2 Å². The standard InChI is InChI=1S/C13H17FN2O2/c1-9-7-16(13(2,3)8-18-9)12(17)10-4-5-15-11(14)6-10/h4-6,9H,7-8H2,1-3H3/t9-/m1/s1. The van der Waals surface area contributed by atoms with Crippen LogP contribution in [-0.4, -0.2) is 40.6 Å². The number of morpholine rings is 1. The molecule has 2 heterocycles. The third-order valence-corrected chi connectivity index (χ3v) is 3.11. The molecule has 1 saturated heterocycles. The number of rotatable bonds is 1. The van der Waals surface area contributed by atoms with E-state index in [9.17, 15) is 9.18 Å². The lowest BCUT2D eigenvalue weighted by Crippen LogP contribution is -2.57. The molecule has 4 nitrogen and oxygen atoms in total. The summed E-state index contributed by atoms with van der Waals surface area (Å²) in [7, 11) is 0. The van der Waals surface area contributed by atoms with Gasteiger partial charge in [-0.3, -0.25) is 4.79 Å². The highest BCUT2D eigenvalue weighted by Gasteiger charge is 2.37. The van der Waals surface area contributed by atoms with E-state index in [1.54, 1.807) is 4.90 Å². The van der Waals surface area contributed by atoms with E-state index in [4.69, 9.17) is 4.74 Å². The highest BCUT2D eigenvalue weighted by Crippen LogP contribution is 2.24. The first-order valence-electron chi connectivity index (χ1n) is 5.95. The zero-order chi connectivity index (χ0) is 13.3. The monoisotopic (exact) mass is 252 g/mol. The molecule has 18 heavy (non-hydrogen) atoms. The zero-order valence-electron chi connectivity index (χ0n) is 10.8. The van der Waals surface area contributed by atoms with Crippen molar-refractivity contribution in [2.75, 3.05) is 13.2 Å². The molecule has 0 aliphatic carbocycles. The second-order valence-corrected chi connectivity index (χ2v) is 5.22. The molecule has 98 valence electrons. The van der Waals surface area contributed by atoms with Crippen molar-refractivity contribution in [3.8, 4) is 0 Å². The second-order valence-electron chi connectivity index (χ2n) is 5.22. The van der Waals surface area contributed by atoms with Gasteiger partial charge in [0.25, 0.3) is 5.91 Å². The third-order valence-electron chi connectivity index (χ3n) is 3.11. The highest BCUT2D eigenvalue weighted by atomic mass is 19.1. The van der Waals surface area contributed by atoms with Crippen LogP contribution in [0.4, 0.5) is 4.39 Å². The number of amides is 1. The van der Waals surface area contributed by atoms with Crippen LogP contribution in [-0.2, 0) is 4.74 Å². The number of carbonyl (C=O) groups excluding carboxylic acids is 1. The van der Waals surface area contributed by atoms with Crippen molar-refractivity contribution in [3.63, 3.8) is 0 Å². The van der Waals surface area contributed by atoms with E-state index in [1.165, 1.54) is 18.3 Å². The van der Waals surface area contributed by atoms with Gasteiger partial charge in [-0.25, -0.2) is 4.98 Å². The summed E-state index contributed by atoms with van der Waals surface area (Å²) >= 11 is 0. The third kappa shape index (κ3) is 2.51. The first-order valence-corrected chi connectivity index (χ1v) is 5.95. The Bertz CT molecular complexity index is 462. The summed E-state index contributed by atoms with van der Waals surface area (Å²) < 4.78 is 18.6. The molecule has 2 rings (SSSR count). The maximum Gasteiger partial charge on any atom is 0.254 e. The molecule has 0 saturated carbocycles. The van der Waals surface area contributed by atoms with Crippen LogP contribution in [0.15, 0.2) is 18.3 Å². The first-order chi connectivity index (χ1) is 8.40. The van der Waals surface area contributed by atoms with Crippen molar-refractivity contribution in [2.24, 2.45) is 0 Å². The minimum absolute atomic E-state index is 0.00587. The van der Waals surface area contributed by atoms with Gasteiger partial charge in [-0.05, 0) is 26.8 Å². The maximum atomic E-state index is 13.1. The molecule has 0 aromatic carbocycles. The van der Waals surface area contributed by atoms with E-state index in [2.05, 4.69) is 4.98 Å². The Balaban J connectivity index is 2.26. The number of carbonyl (C=O) groups is 1. The van der Waals surface area contributed by atoms with Crippen LogP contribution in [0, 0.1) is 5.95 Å². The van der Waals surface area contributed by atoms with Crippen molar-refractivity contribution in [1.82, 2.24) is 9.88 Å². The Morgan fingerprint density at radius 2 is 2.33 bits per heavy atom. The van der Waals surface area contributed by atoms with E-state index < -0.39 is 5.95 Å². The summed E-state index contributed by atoms with van der Waals surface area (Å²) in [6.45, 7) is 6.79. The predicted molar refractivity (Wildman–Crippen MR) is 64.7 cm³/mol. The van der Waals surface area contributed by atoms with Crippen LogP contribution in [0.1, 0.15) is 31.1 Å². The lowest BCUT2D eigenvalue weighted by molar-refractivity contribution is -0.0756. The Kier molecular flexibility index (Phi) is 3.34. The molecule has 0 unspecified atom stereocenters. The van der Waals surface area contributed by atoms with Crippen molar-refractivity contribution in [3.05, 3.63) is 29.8 Å².